The average Bonchev–Trinajstić information content (AvgIpc) is 2.70. The van der Waals surface area contributed by atoms with E-state index < -0.39 is 11.9 Å². The number of methoxy groups -OCH3 is 2. The molecule has 0 spiro atoms. The normalized spacial score (nSPS) is 16.7. The summed E-state index contributed by atoms with van der Waals surface area (Å²) >= 11 is 0. The summed E-state index contributed by atoms with van der Waals surface area (Å²) < 4.78 is 15.7. The van der Waals surface area contributed by atoms with E-state index in [1.807, 2.05) is 30.3 Å². The zero-order valence-corrected chi connectivity index (χ0v) is 10.1. The maximum absolute atomic E-state index is 11.9. The van der Waals surface area contributed by atoms with Gasteiger partial charge in [0.05, 0.1) is 11.1 Å². The molecule has 0 aliphatic carbocycles. The quantitative estimate of drug-likeness (QED) is 0.601. The van der Waals surface area contributed by atoms with Crippen molar-refractivity contribution in [2.75, 3.05) is 14.2 Å². The van der Waals surface area contributed by atoms with Crippen LogP contribution in [-0.4, -0.2) is 20.2 Å². The Morgan fingerprint density at radius 2 is 1.67 bits per heavy atom. The first-order valence-corrected chi connectivity index (χ1v) is 5.57. The Morgan fingerprint density at radius 3 is 2.28 bits per heavy atom. The van der Waals surface area contributed by atoms with Crippen molar-refractivity contribution in [1.82, 2.24) is 0 Å². The van der Waals surface area contributed by atoms with Crippen LogP contribution in [0.2, 0.25) is 0 Å². The van der Waals surface area contributed by atoms with Gasteiger partial charge < -0.3 is 14.2 Å². The number of benzene rings is 2. The van der Waals surface area contributed by atoms with Gasteiger partial charge in [-0.05, 0) is 22.9 Å². The van der Waals surface area contributed by atoms with Crippen molar-refractivity contribution in [3.05, 3.63) is 47.5 Å². The third-order valence-corrected chi connectivity index (χ3v) is 3.20. The molecule has 0 atom stereocenters. The van der Waals surface area contributed by atoms with E-state index in [1.54, 1.807) is 6.07 Å². The van der Waals surface area contributed by atoms with E-state index in [0.29, 0.717) is 11.1 Å². The molecule has 1 aliphatic rings. The van der Waals surface area contributed by atoms with E-state index in [0.717, 1.165) is 10.8 Å². The number of rotatable bonds is 2. The molecule has 0 amide bonds. The lowest BCUT2D eigenvalue weighted by atomic mass is 10.0. The Hall–Kier alpha value is -1.91. The SMILES string of the molecule is COC1(OC)OC(=O)c2cc3ccccc3cc21. The summed E-state index contributed by atoms with van der Waals surface area (Å²) in [7, 11) is 2.89. The van der Waals surface area contributed by atoms with Crippen molar-refractivity contribution in [2.24, 2.45) is 0 Å². The van der Waals surface area contributed by atoms with Gasteiger partial charge in [-0.1, -0.05) is 24.3 Å². The van der Waals surface area contributed by atoms with Crippen LogP contribution in [-0.2, 0) is 20.2 Å². The van der Waals surface area contributed by atoms with Crippen LogP contribution in [0.4, 0.5) is 0 Å². The molecule has 0 radical (unpaired) electrons. The van der Waals surface area contributed by atoms with E-state index in [2.05, 4.69) is 0 Å². The maximum Gasteiger partial charge on any atom is 0.359 e. The van der Waals surface area contributed by atoms with Crippen LogP contribution < -0.4 is 0 Å². The van der Waals surface area contributed by atoms with Gasteiger partial charge in [0.25, 0.3) is 0 Å². The Morgan fingerprint density at radius 1 is 1.06 bits per heavy atom. The lowest BCUT2D eigenvalue weighted by Crippen LogP contribution is -2.30. The molecule has 0 saturated carbocycles. The summed E-state index contributed by atoms with van der Waals surface area (Å²) in [5.41, 5.74) is 1.09. The highest BCUT2D eigenvalue weighted by molar-refractivity contribution is 5.99. The lowest BCUT2D eigenvalue weighted by Gasteiger charge is -2.24. The molecule has 2 aromatic rings. The third-order valence-electron chi connectivity index (χ3n) is 3.20. The molecular weight excluding hydrogens is 232 g/mol. The third kappa shape index (κ3) is 1.36. The second-order valence-electron chi connectivity index (χ2n) is 4.10. The van der Waals surface area contributed by atoms with Gasteiger partial charge in [0.1, 0.15) is 0 Å². The highest BCUT2D eigenvalue weighted by Crippen LogP contribution is 2.39. The Bertz CT molecular complexity index is 629. The average molecular weight is 244 g/mol. The van der Waals surface area contributed by atoms with E-state index in [4.69, 9.17) is 14.2 Å². The number of carbonyl (C=O) groups is 1. The molecular formula is C14H12O4. The number of hydrogen-bond donors (Lipinski definition) is 0. The summed E-state index contributed by atoms with van der Waals surface area (Å²) in [6.45, 7) is 0. The van der Waals surface area contributed by atoms with Gasteiger partial charge in [0.15, 0.2) is 0 Å². The van der Waals surface area contributed by atoms with Gasteiger partial charge in [-0.15, -0.1) is 0 Å². The Balaban J connectivity index is 2.31. The zero-order valence-electron chi connectivity index (χ0n) is 10.1. The number of hydrogen-bond acceptors (Lipinski definition) is 4. The number of esters is 1. The van der Waals surface area contributed by atoms with Crippen LogP contribution in [0.3, 0.4) is 0 Å². The number of carbonyl (C=O) groups excluding carboxylic acids is 1. The molecule has 1 heterocycles. The highest BCUT2D eigenvalue weighted by Gasteiger charge is 2.47. The van der Waals surface area contributed by atoms with Gasteiger partial charge in [-0.25, -0.2) is 4.79 Å². The van der Waals surface area contributed by atoms with Gasteiger partial charge in [0.2, 0.25) is 0 Å². The van der Waals surface area contributed by atoms with Crippen LogP contribution in [0.25, 0.3) is 10.8 Å². The maximum atomic E-state index is 11.9. The molecule has 0 fully saturated rings. The highest BCUT2D eigenvalue weighted by atomic mass is 16.9. The summed E-state index contributed by atoms with van der Waals surface area (Å²) in [5, 5.41) is 1.99. The van der Waals surface area contributed by atoms with Crippen molar-refractivity contribution >= 4 is 16.7 Å². The molecule has 0 saturated heterocycles. The van der Waals surface area contributed by atoms with Crippen LogP contribution >= 0.6 is 0 Å². The predicted molar refractivity (Wildman–Crippen MR) is 65.1 cm³/mol. The molecule has 18 heavy (non-hydrogen) atoms. The minimum Gasteiger partial charge on any atom is -0.400 e. The molecule has 1 aliphatic heterocycles. The largest absolute Gasteiger partial charge is 0.400 e. The standard InChI is InChI=1S/C14H12O4/c1-16-14(17-2)12-8-10-6-4-3-5-9(10)7-11(12)13(15)18-14/h3-8H,1-2H3. The van der Waals surface area contributed by atoms with Crippen LogP contribution in [0, 0.1) is 0 Å². The summed E-state index contributed by atoms with van der Waals surface area (Å²) in [5.74, 6) is -1.85. The predicted octanol–water partition coefficient (Wildman–Crippen LogP) is 2.41. The number of fused-ring (bicyclic) bond motifs is 2. The van der Waals surface area contributed by atoms with Gasteiger partial charge >= 0.3 is 11.9 Å². The van der Waals surface area contributed by atoms with Gasteiger partial charge in [-0.3, -0.25) is 0 Å². The van der Waals surface area contributed by atoms with E-state index in [-0.39, 0.29) is 0 Å². The van der Waals surface area contributed by atoms with Gasteiger partial charge in [0, 0.05) is 14.2 Å². The minimum atomic E-state index is -1.42. The monoisotopic (exact) mass is 244 g/mol. The first-order valence-electron chi connectivity index (χ1n) is 5.57. The number of cyclic esters (lactones) is 1. The summed E-state index contributed by atoms with van der Waals surface area (Å²) in [6, 6.07) is 11.4. The fraction of sp³-hybridized carbons (Fsp3) is 0.214. The summed E-state index contributed by atoms with van der Waals surface area (Å²) in [6.07, 6.45) is 0. The topological polar surface area (TPSA) is 44.8 Å². The molecule has 0 aromatic heterocycles. The molecule has 4 heteroatoms. The van der Waals surface area contributed by atoms with Crippen molar-refractivity contribution in [1.29, 1.82) is 0 Å². The molecule has 0 N–H and O–H groups in total. The smallest absolute Gasteiger partial charge is 0.359 e. The fourth-order valence-corrected chi connectivity index (χ4v) is 2.28. The van der Waals surface area contributed by atoms with Crippen molar-refractivity contribution in [2.45, 2.75) is 5.97 Å². The zero-order chi connectivity index (χ0) is 12.8. The Labute approximate surface area is 104 Å². The van der Waals surface area contributed by atoms with Crippen molar-refractivity contribution in [3.8, 4) is 0 Å². The number of ether oxygens (including phenoxy) is 3. The molecule has 2 aromatic carbocycles. The minimum absolute atomic E-state index is 0.431. The second-order valence-corrected chi connectivity index (χ2v) is 4.10. The molecule has 0 bridgehead atoms. The van der Waals surface area contributed by atoms with E-state index >= 15 is 0 Å². The van der Waals surface area contributed by atoms with Crippen molar-refractivity contribution in [3.63, 3.8) is 0 Å². The second kappa shape index (κ2) is 3.80. The summed E-state index contributed by atoms with van der Waals surface area (Å²) in [4.78, 5) is 11.9. The molecule has 0 unspecified atom stereocenters. The van der Waals surface area contributed by atoms with Crippen LogP contribution in [0.1, 0.15) is 15.9 Å². The van der Waals surface area contributed by atoms with Crippen molar-refractivity contribution < 1.29 is 19.0 Å². The van der Waals surface area contributed by atoms with E-state index in [1.165, 1.54) is 14.2 Å². The van der Waals surface area contributed by atoms with Crippen LogP contribution in [0.15, 0.2) is 36.4 Å². The first kappa shape index (κ1) is 11.2. The van der Waals surface area contributed by atoms with Crippen LogP contribution in [0.5, 0.6) is 0 Å². The molecule has 3 rings (SSSR count). The van der Waals surface area contributed by atoms with Gasteiger partial charge in [-0.2, -0.15) is 0 Å². The molecule has 92 valence electrons. The fourth-order valence-electron chi connectivity index (χ4n) is 2.28. The lowest BCUT2D eigenvalue weighted by molar-refractivity contribution is -0.340. The molecule has 4 nitrogen and oxygen atoms in total. The van der Waals surface area contributed by atoms with E-state index in [9.17, 15) is 4.79 Å². The first-order chi connectivity index (χ1) is 8.70. The Kier molecular flexibility index (Phi) is 2.36.